The number of ether oxygens (including phenoxy) is 1. The van der Waals surface area contributed by atoms with Gasteiger partial charge in [0.15, 0.2) is 0 Å². The molecule has 52 heavy (non-hydrogen) atoms. The first-order valence-electron chi connectivity index (χ1n) is 18.2. The summed E-state index contributed by atoms with van der Waals surface area (Å²) in [4.78, 5) is 2.38. The van der Waals surface area contributed by atoms with Gasteiger partial charge in [-0.15, -0.1) is 0 Å². The lowest BCUT2D eigenvalue weighted by molar-refractivity contribution is 0.268. The van der Waals surface area contributed by atoms with E-state index in [-0.39, 0.29) is 17.4 Å². The normalized spacial score (nSPS) is 17.3. The zero-order chi connectivity index (χ0) is 34.6. The highest BCUT2D eigenvalue weighted by Crippen LogP contribution is 2.52. The molecule has 8 aromatic rings. The molecule has 248 valence electrons. The Kier molecular flexibility index (Phi) is 6.13. The number of rotatable bonds is 4. The molecule has 2 atom stereocenters. The Morgan fingerprint density at radius 3 is 2.15 bits per heavy atom. The molecule has 0 saturated carbocycles. The summed E-state index contributed by atoms with van der Waals surface area (Å²) in [6.07, 6.45) is 4.42. The molecule has 7 aromatic carbocycles. The molecule has 0 saturated heterocycles. The Bertz CT molecular complexity index is 2770. The fourth-order valence-electron chi connectivity index (χ4n) is 9.12. The molecule has 3 nitrogen and oxygen atoms in total. The highest BCUT2D eigenvalue weighted by atomic mass is 16.5. The van der Waals surface area contributed by atoms with Crippen molar-refractivity contribution in [2.75, 3.05) is 4.90 Å². The summed E-state index contributed by atoms with van der Waals surface area (Å²) in [5.74, 6) is 1.19. The van der Waals surface area contributed by atoms with Gasteiger partial charge in [-0.3, -0.25) is 0 Å². The predicted octanol–water partition coefficient (Wildman–Crippen LogP) is 12.9. The Balaban J connectivity index is 1.04. The molecule has 0 fully saturated rings. The van der Waals surface area contributed by atoms with Crippen molar-refractivity contribution in [2.45, 2.75) is 31.3 Å². The van der Waals surface area contributed by atoms with E-state index in [1.165, 1.54) is 38.9 Å². The van der Waals surface area contributed by atoms with Crippen LogP contribution in [0.5, 0.6) is 5.75 Å². The van der Waals surface area contributed by atoms with Gasteiger partial charge in [0, 0.05) is 44.4 Å². The van der Waals surface area contributed by atoms with Crippen molar-refractivity contribution < 1.29 is 9.15 Å². The summed E-state index contributed by atoms with van der Waals surface area (Å²) in [6.45, 7) is 4.67. The largest absolute Gasteiger partial charge is 0.484 e. The molecule has 3 aliphatic rings. The fourth-order valence-corrected chi connectivity index (χ4v) is 9.12. The molecule has 0 N–H and O–H groups in total. The number of nitrogens with zero attached hydrogens (tertiary/aromatic N) is 1. The van der Waals surface area contributed by atoms with E-state index < -0.39 is 0 Å². The van der Waals surface area contributed by atoms with Gasteiger partial charge < -0.3 is 14.1 Å². The van der Waals surface area contributed by atoms with Gasteiger partial charge in [-0.1, -0.05) is 123 Å². The third-order valence-corrected chi connectivity index (χ3v) is 11.6. The molecule has 2 unspecified atom stereocenters. The second-order valence-electron chi connectivity index (χ2n) is 14.8. The van der Waals surface area contributed by atoms with Gasteiger partial charge in [0.2, 0.25) is 0 Å². The Morgan fingerprint density at radius 1 is 0.538 bits per heavy atom. The maximum Gasteiger partial charge on any atom is 0.135 e. The molecule has 0 spiro atoms. The van der Waals surface area contributed by atoms with Crippen molar-refractivity contribution in [2.24, 2.45) is 0 Å². The molecule has 1 aromatic heterocycles. The highest BCUT2D eigenvalue weighted by molar-refractivity contribution is 6.06. The Labute approximate surface area is 303 Å². The second kappa shape index (κ2) is 10.8. The summed E-state index contributed by atoms with van der Waals surface area (Å²) in [5, 5.41) is 2.23. The lowest BCUT2D eigenvalue weighted by atomic mass is 9.81. The molecule has 11 rings (SSSR count). The van der Waals surface area contributed by atoms with Crippen molar-refractivity contribution in [3.05, 3.63) is 186 Å². The number of hydrogen-bond acceptors (Lipinski definition) is 3. The summed E-state index contributed by atoms with van der Waals surface area (Å²) in [7, 11) is 0. The molecule has 1 aliphatic heterocycles. The zero-order valence-corrected chi connectivity index (χ0v) is 29.0. The van der Waals surface area contributed by atoms with Crippen LogP contribution in [0.4, 0.5) is 17.1 Å². The topological polar surface area (TPSA) is 25.6 Å². The number of hydrogen-bond donors (Lipinski definition) is 0. The molecule has 0 radical (unpaired) electrons. The first-order chi connectivity index (χ1) is 25.5. The molecular weight excluding hydrogens is 635 g/mol. The minimum atomic E-state index is -0.0566. The van der Waals surface area contributed by atoms with E-state index in [9.17, 15) is 0 Å². The van der Waals surface area contributed by atoms with Crippen molar-refractivity contribution in [1.29, 1.82) is 0 Å². The average molecular weight is 670 g/mol. The van der Waals surface area contributed by atoms with Crippen LogP contribution in [0.2, 0.25) is 0 Å². The smallest absolute Gasteiger partial charge is 0.135 e. The quantitative estimate of drug-likeness (QED) is 0.186. The van der Waals surface area contributed by atoms with Gasteiger partial charge in [-0.05, 0) is 93.6 Å². The van der Waals surface area contributed by atoms with Crippen molar-refractivity contribution in [3.8, 4) is 28.0 Å². The van der Waals surface area contributed by atoms with Gasteiger partial charge in [0.05, 0.1) is 5.92 Å². The van der Waals surface area contributed by atoms with Crippen LogP contribution in [-0.4, -0.2) is 6.10 Å². The number of para-hydroxylation sites is 2. The van der Waals surface area contributed by atoms with E-state index in [0.29, 0.717) is 0 Å². The first-order valence-corrected chi connectivity index (χ1v) is 18.2. The summed E-state index contributed by atoms with van der Waals surface area (Å²) >= 11 is 0. The third-order valence-electron chi connectivity index (χ3n) is 11.6. The first kappa shape index (κ1) is 29.4. The summed E-state index contributed by atoms with van der Waals surface area (Å²) in [6, 6.07) is 54.9. The Hall–Kier alpha value is -6.32. The molecule has 2 aliphatic carbocycles. The van der Waals surface area contributed by atoms with Crippen molar-refractivity contribution in [3.63, 3.8) is 0 Å². The van der Waals surface area contributed by atoms with E-state index in [4.69, 9.17) is 9.15 Å². The van der Waals surface area contributed by atoms with E-state index in [2.05, 4.69) is 170 Å². The maximum absolute atomic E-state index is 6.72. The van der Waals surface area contributed by atoms with E-state index in [1.54, 1.807) is 0 Å². The van der Waals surface area contributed by atoms with E-state index in [0.717, 1.165) is 55.9 Å². The van der Waals surface area contributed by atoms with Crippen LogP contribution >= 0.6 is 0 Å². The maximum atomic E-state index is 6.72. The molecular formula is C49H35NO2. The van der Waals surface area contributed by atoms with Gasteiger partial charge in [0.1, 0.15) is 23.0 Å². The highest BCUT2D eigenvalue weighted by Gasteiger charge is 2.39. The number of anilines is 3. The summed E-state index contributed by atoms with van der Waals surface area (Å²) in [5.41, 5.74) is 16.5. The number of fused-ring (bicyclic) bond motifs is 11. The van der Waals surface area contributed by atoms with Gasteiger partial charge in [-0.25, -0.2) is 0 Å². The standard InChI is InChI=1S/C49H35NO2/c1-49(2)42-16-7-5-12-37(42)40-28-33(23-25-43(40)49)50(34-24-27-45-41(29-34)38-13-6-8-17-44(38)51-45)32-21-18-31(19-22-32)36-14-9-15-39-47-35-11-4-3-10-30(35)20-26-46(47)52-48(36)39/h3-29,46-47H,1-2H3. The average Bonchev–Trinajstić information content (AvgIpc) is 3.83. The zero-order valence-electron chi connectivity index (χ0n) is 29.0. The van der Waals surface area contributed by atoms with E-state index in [1.807, 2.05) is 12.1 Å². The second-order valence-corrected chi connectivity index (χ2v) is 14.8. The predicted molar refractivity (Wildman–Crippen MR) is 213 cm³/mol. The van der Waals surface area contributed by atoms with Crippen LogP contribution in [0.3, 0.4) is 0 Å². The van der Waals surface area contributed by atoms with Crippen LogP contribution < -0.4 is 9.64 Å². The third kappa shape index (κ3) is 4.20. The van der Waals surface area contributed by atoms with Gasteiger partial charge >= 0.3 is 0 Å². The molecule has 0 bridgehead atoms. The minimum absolute atomic E-state index is 0.00431. The monoisotopic (exact) mass is 669 g/mol. The van der Waals surface area contributed by atoms with Crippen LogP contribution in [-0.2, 0) is 5.41 Å². The lowest BCUT2D eigenvalue weighted by Gasteiger charge is -2.27. The number of benzene rings is 7. The molecule has 0 amide bonds. The van der Waals surface area contributed by atoms with Crippen LogP contribution in [0.25, 0.3) is 50.3 Å². The molecule has 2 heterocycles. The Morgan fingerprint density at radius 2 is 1.23 bits per heavy atom. The van der Waals surface area contributed by atoms with Crippen LogP contribution in [0, 0.1) is 0 Å². The summed E-state index contributed by atoms with van der Waals surface area (Å²) < 4.78 is 13.0. The fraction of sp³-hybridized carbons (Fsp3) is 0.102. The van der Waals surface area contributed by atoms with Crippen LogP contribution in [0.15, 0.2) is 162 Å². The lowest BCUT2D eigenvalue weighted by Crippen LogP contribution is -2.20. The molecule has 3 heteroatoms. The van der Waals surface area contributed by atoms with Gasteiger partial charge in [0.25, 0.3) is 0 Å². The van der Waals surface area contributed by atoms with Crippen LogP contribution in [0.1, 0.15) is 47.6 Å². The van der Waals surface area contributed by atoms with Crippen molar-refractivity contribution in [1.82, 2.24) is 0 Å². The van der Waals surface area contributed by atoms with Crippen molar-refractivity contribution >= 4 is 45.1 Å². The minimum Gasteiger partial charge on any atom is -0.484 e. The SMILES string of the molecule is CC1(C)c2ccccc2-c2cc(N(c3ccc(-c4cccc5c4OC4C=Cc6ccccc6C54)cc3)c3ccc4oc5ccccc5c4c3)ccc21. The van der Waals surface area contributed by atoms with E-state index >= 15 is 0 Å². The van der Waals surface area contributed by atoms with Gasteiger partial charge in [-0.2, -0.15) is 0 Å². The number of furan rings is 1.